The van der Waals surface area contributed by atoms with Crippen molar-refractivity contribution in [2.45, 2.75) is 36.5 Å². The number of rotatable bonds is 7. The van der Waals surface area contributed by atoms with Crippen LogP contribution in [0.5, 0.6) is 5.75 Å². The maximum absolute atomic E-state index is 14.3. The van der Waals surface area contributed by atoms with Crippen LogP contribution in [0.4, 0.5) is 28.9 Å². The number of likely N-dealkylation sites (tertiary alicyclic amines) is 1. The second kappa shape index (κ2) is 11.8. The lowest BCUT2D eigenvalue weighted by Crippen LogP contribution is -2.36. The third-order valence-electron chi connectivity index (χ3n) is 6.51. The van der Waals surface area contributed by atoms with Crippen molar-refractivity contribution in [3.05, 3.63) is 47.9 Å². The summed E-state index contributed by atoms with van der Waals surface area (Å²) in [6, 6.07) is 9.73. The highest BCUT2D eigenvalue weighted by Crippen LogP contribution is 2.32. The van der Waals surface area contributed by atoms with E-state index in [9.17, 15) is 22.1 Å². The molecule has 1 unspecified atom stereocenters. The summed E-state index contributed by atoms with van der Waals surface area (Å²) in [7, 11) is 3.47. The summed E-state index contributed by atoms with van der Waals surface area (Å²) in [5.74, 6) is 5.32. The van der Waals surface area contributed by atoms with Crippen LogP contribution in [0.15, 0.2) is 41.3 Å². The molecule has 6 nitrogen and oxygen atoms in total. The fraction of sp³-hybridized carbons (Fsp3) is 0.407. The van der Waals surface area contributed by atoms with Crippen molar-refractivity contribution in [2.75, 3.05) is 50.7 Å². The van der Waals surface area contributed by atoms with Crippen molar-refractivity contribution in [1.82, 2.24) is 9.47 Å². The first-order valence-electron chi connectivity index (χ1n) is 12.1. The highest BCUT2D eigenvalue weighted by molar-refractivity contribution is 7.90. The molecule has 1 aliphatic heterocycles. The van der Waals surface area contributed by atoms with Gasteiger partial charge in [0.1, 0.15) is 18.6 Å². The summed E-state index contributed by atoms with van der Waals surface area (Å²) in [6.45, 7) is 0.777. The third-order valence-corrected chi connectivity index (χ3v) is 7.44. The lowest BCUT2D eigenvalue weighted by Gasteiger charge is -2.30. The number of nitrogens with zero attached hydrogens (tertiary/aromatic N) is 2. The van der Waals surface area contributed by atoms with Gasteiger partial charge < -0.3 is 29.4 Å². The van der Waals surface area contributed by atoms with Gasteiger partial charge in [0, 0.05) is 29.2 Å². The van der Waals surface area contributed by atoms with Gasteiger partial charge in [0.25, 0.3) is 0 Å². The van der Waals surface area contributed by atoms with E-state index in [4.69, 9.17) is 4.74 Å². The first-order chi connectivity index (χ1) is 18.1. The smallest absolute Gasteiger partial charge is 0.406 e. The van der Waals surface area contributed by atoms with E-state index in [0.717, 1.165) is 31.6 Å². The average molecular weight is 551 g/mol. The minimum Gasteiger partial charge on any atom is -0.612 e. The Morgan fingerprint density at radius 1 is 1.16 bits per heavy atom. The number of hydrogen-bond acceptors (Lipinski definition) is 5. The Bertz CT molecular complexity index is 1340. The number of benzene rings is 2. The molecule has 1 aromatic heterocycles. The molecule has 0 spiro atoms. The number of nitrogens with one attached hydrogen (secondary N) is 2. The van der Waals surface area contributed by atoms with Crippen LogP contribution >= 0.6 is 0 Å². The second-order valence-corrected chi connectivity index (χ2v) is 10.6. The number of alkyl halides is 3. The minimum atomic E-state index is -4.43. The van der Waals surface area contributed by atoms with Crippen LogP contribution in [-0.4, -0.2) is 66.3 Å². The van der Waals surface area contributed by atoms with Gasteiger partial charge in [0.15, 0.2) is 10.7 Å². The number of methoxy groups -OCH3 is 1. The van der Waals surface area contributed by atoms with Crippen LogP contribution in [0.1, 0.15) is 18.5 Å². The van der Waals surface area contributed by atoms with Gasteiger partial charge >= 0.3 is 6.18 Å². The van der Waals surface area contributed by atoms with Crippen LogP contribution in [0, 0.1) is 17.7 Å². The van der Waals surface area contributed by atoms with Gasteiger partial charge in [-0.3, -0.25) is 0 Å². The van der Waals surface area contributed by atoms with Gasteiger partial charge in [-0.15, -0.1) is 0 Å². The van der Waals surface area contributed by atoms with Gasteiger partial charge in [0.2, 0.25) is 0 Å². The van der Waals surface area contributed by atoms with E-state index in [1.807, 2.05) is 6.07 Å². The zero-order valence-corrected chi connectivity index (χ0v) is 22.2. The van der Waals surface area contributed by atoms with Gasteiger partial charge in [0.05, 0.1) is 30.6 Å². The first kappa shape index (κ1) is 28.0. The molecule has 2 N–H and O–H groups in total. The van der Waals surface area contributed by atoms with Crippen molar-refractivity contribution < 1.29 is 26.9 Å². The SMILES string of the molecule is COc1cc([S+](C)[O-])c(F)cc1NCC#Cc1cc2c(NC3CCN(C)CC3)cccc2n1CC(F)(F)F. The monoisotopic (exact) mass is 550 g/mol. The van der Waals surface area contributed by atoms with E-state index in [1.54, 1.807) is 18.2 Å². The molecule has 11 heteroatoms. The molecule has 0 radical (unpaired) electrons. The number of piperidine rings is 1. The van der Waals surface area contributed by atoms with Gasteiger partial charge in [-0.05, 0) is 68.3 Å². The summed E-state index contributed by atoms with van der Waals surface area (Å²) in [5.41, 5.74) is 1.76. The molecule has 2 aromatic carbocycles. The number of aromatic nitrogens is 1. The molecule has 1 atom stereocenters. The Kier molecular flexibility index (Phi) is 8.65. The fourth-order valence-corrected chi connectivity index (χ4v) is 5.18. The fourth-order valence-electron chi connectivity index (χ4n) is 4.57. The molecule has 38 heavy (non-hydrogen) atoms. The molecule has 0 saturated carbocycles. The van der Waals surface area contributed by atoms with E-state index >= 15 is 0 Å². The molecule has 1 saturated heterocycles. The first-order valence-corrected chi connectivity index (χ1v) is 13.7. The molecule has 0 aliphatic carbocycles. The third kappa shape index (κ3) is 6.67. The normalized spacial score (nSPS) is 15.7. The standard InChI is InChI=1S/C27H30F4N4O2S/c1-34-12-9-18(10-13-34)33-22-7-4-8-24-20(22)14-19(35(24)17-27(29,30)31)6-5-11-32-23-15-21(28)26(38(3)36)16-25(23)37-2/h4,7-8,14-16,18,32-33H,9-13,17H2,1-3H3. The van der Waals surface area contributed by atoms with Crippen LogP contribution in [0.25, 0.3) is 10.9 Å². The number of anilines is 2. The molecule has 204 valence electrons. The van der Waals surface area contributed by atoms with E-state index in [1.165, 1.54) is 30.1 Å². The van der Waals surface area contributed by atoms with Gasteiger partial charge in [-0.2, -0.15) is 13.2 Å². The molecule has 2 heterocycles. The Labute approximate surface area is 222 Å². The number of fused-ring (bicyclic) bond motifs is 1. The van der Waals surface area contributed by atoms with E-state index < -0.39 is 29.7 Å². The topological polar surface area (TPSA) is 64.5 Å². The van der Waals surface area contributed by atoms with Crippen LogP contribution in [0.2, 0.25) is 0 Å². The summed E-state index contributed by atoms with van der Waals surface area (Å²) >= 11 is -1.53. The number of hydrogen-bond donors (Lipinski definition) is 2. The van der Waals surface area contributed by atoms with Crippen molar-refractivity contribution in [3.63, 3.8) is 0 Å². The van der Waals surface area contributed by atoms with Gasteiger partial charge in [-0.1, -0.05) is 12.0 Å². The predicted octanol–water partition coefficient (Wildman–Crippen LogP) is 5.06. The molecule has 0 amide bonds. The zero-order valence-electron chi connectivity index (χ0n) is 21.4. The lowest BCUT2D eigenvalue weighted by molar-refractivity contribution is -0.140. The highest BCUT2D eigenvalue weighted by atomic mass is 32.2. The summed E-state index contributed by atoms with van der Waals surface area (Å²) in [6.07, 6.45) is -1.16. The van der Waals surface area contributed by atoms with Crippen molar-refractivity contribution >= 4 is 33.5 Å². The molecule has 0 bridgehead atoms. The number of ether oxygens (including phenoxy) is 1. The predicted molar refractivity (Wildman–Crippen MR) is 143 cm³/mol. The summed E-state index contributed by atoms with van der Waals surface area (Å²) in [5, 5.41) is 7.12. The van der Waals surface area contributed by atoms with Gasteiger partial charge in [-0.25, -0.2) is 4.39 Å². The molecule has 3 aromatic rings. The maximum Gasteiger partial charge on any atom is 0.406 e. The average Bonchev–Trinajstić information content (AvgIpc) is 3.19. The van der Waals surface area contributed by atoms with Crippen LogP contribution in [-0.2, 0) is 17.7 Å². The Morgan fingerprint density at radius 3 is 2.55 bits per heavy atom. The quantitative estimate of drug-likeness (QED) is 0.245. The largest absolute Gasteiger partial charge is 0.612 e. The van der Waals surface area contributed by atoms with E-state index in [2.05, 4.69) is 34.4 Å². The summed E-state index contributed by atoms with van der Waals surface area (Å²) in [4.78, 5) is 2.27. The van der Waals surface area contributed by atoms with E-state index in [-0.39, 0.29) is 28.9 Å². The Morgan fingerprint density at radius 2 is 1.89 bits per heavy atom. The van der Waals surface area contributed by atoms with Crippen molar-refractivity contribution in [3.8, 4) is 17.6 Å². The van der Waals surface area contributed by atoms with Crippen LogP contribution in [0.3, 0.4) is 0 Å². The zero-order chi connectivity index (χ0) is 27.4. The van der Waals surface area contributed by atoms with E-state index in [0.29, 0.717) is 16.6 Å². The maximum atomic E-state index is 14.3. The summed E-state index contributed by atoms with van der Waals surface area (Å²) < 4.78 is 72.9. The number of halogens is 4. The molecule has 1 fully saturated rings. The molecular formula is C27H30F4N4O2S. The van der Waals surface area contributed by atoms with Crippen LogP contribution < -0.4 is 15.4 Å². The molecular weight excluding hydrogens is 520 g/mol. The van der Waals surface area contributed by atoms with Crippen molar-refractivity contribution in [2.24, 2.45) is 0 Å². The Hall–Kier alpha value is -3.07. The Balaban J connectivity index is 1.60. The lowest BCUT2D eigenvalue weighted by atomic mass is 10.0. The minimum absolute atomic E-state index is 0.0137. The molecule has 1 aliphatic rings. The molecule has 4 rings (SSSR count). The highest BCUT2D eigenvalue weighted by Gasteiger charge is 2.30. The van der Waals surface area contributed by atoms with Crippen molar-refractivity contribution in [1.29, 1.82) is 0 Å². The second-order valence-electron chi connectivity index (χ2n) is 9.28.